The van der Waals surface area contributed by atoms with Crippen LogP contribution in [0.5, 0.6) is 11.5 Å². The highest BCUT2D eigenvalue weighted by molar-refractivity contribution is 7.99. The standard InChI is InChI=1S/C14H16N2O2S/c1-17-11-2-4-12(5-3-11)18-8-9-19-14-6-7-16-10-13(14)15/h2-7,10H,8-9,15H2,1H3. The zero-order valence-electron chi connectivity index (χ0n) is 10.7. The second-order valence-electron chi connectivity index (χ2n) is 3.79. The van der Waals surface area contributed by atoms with Crippen molar-refractivity contribution in [1.29, 1.82) is 0 Å². The Balaban J connectivity index is 1.76. The number of thioether (sulfide) groups is 1. The highest BCUT2D eigenvalue weighted by Crippen LogP contribution is 2.23. The number of nitrogens with two attached hydrogens (primary N) is 1. The molecule has 19 heavy (non-hydrogen) atoms. The van der Waals surface area contributed by atoms with Crippen LogP contribution >= 0.6 is 11.8 Å². The number of hydrogen-bond acceptors (Lipinski definition) is 5. The Hall–Kier alpha value is -1.88. The van der Waals surface area contributed by atoms with Gasteiger partial charge in [0.25, 0.3) is 0 Å². The number of aromatic nitrogens is 1. The summed E-state index contributed by atoms with van der Waals surface area (Å²) in [5, 5.41) is 0. The van der Waals surface area contributed by atoms with E-state index in [9.17, 15) is 0 Å². The quantitative estimate of drug-likeness (QED) is 0.649. The van der Waals surface area contributed by atoms with Crippen molar-refractivity contribution in [2.24, 2.45) is 0 Å². The summed E-state index contributed by atoms with van der Waals surface area (Å²) >= 11 is 1.66. The molecule has 0 unspecified atom stereocenters. The van der Waals surface area contributed by atoms with Gasteiger partial charge in [0.1, 0.15) is 11.5 Å². The molecule has 5 heteroatoms. The van der Waals surface area contributed by atoms with Crippen LogP contribution in [0.1, 0.15) is 0 Å². The molecule has 1 heterocycles. The molecule has 0 aliphatic heterocycles. The Kier molecular flexibility index (Phi) is 4.92. The highest BCUT2D eigenvalue weighted by Gasteiger charge is 2.00. The summed E-state index contributed by atoms with van der Waals surface area (Å²) in [5.41, 5.74) is 6.51. The van der Waals surface area contributed by atoms with Gasteiger partial charge in [-0.25, -0.2) is 0 Å². The molecule has 0 aliphatic carbocycles. The normalized spacial score (nSPS) is 10.2. The summed E-state index contributed by atoms with van der Waals surface area (Å²) < 4.78 is 10.7. The fourth-order valence-corrected chi connectivity index (χ4v) is 2.27. The van der Waals surface area contributed by atoms with Crippen molar-refractivity contribution in [2.45, 2.75) is 4.90 Å². The number of rotatable bonds is 6. The van der Waals surface area contributed by atoms with Crippen LogP contribution in [0, 0.1) is 0 Å². The van der Waals surface area contributed by atoms with Crippen LogP contribution in [0.3, 0.4) is 0 Å². The van der Waals surface area contributed by atoms with Crippen molar-refractivity contribution < 1.29 is 9.47 Å². The number of anilines is 1. The van der Waals surface area contributed by atoms with Crippen LogP contribution in [0.4, 0.5) is 5.69 Å². The Bertz CT molecular complexity index is 517. The van der Waals surface area contributed by atoms with Crippen molar-refractivity contribution in [1.82, 2.24) is 4.98 Å². The van der Waals surface area contributed by atoms with Gasteiger partial charge in [0.15, 0.2) is 0 Å². The topological polar surface area (TPSA) is 57.4 Å². The second kappa shape index (κ2) is 6.89. The van der Waals surface area contributed by atoms with Gasteiger partial charge in [-0.1, -0.05) is 0 Å². The Morgan fingerprint density at radius 2 is 1.89 bits per heavy atom. The lowest BCUT2D eigenvalue weighted by Crippen LogP contribution is -2.00. The lowest BCUT2D eigenvalue weighted by atomic mass is 10.3. The van der Waals surface area contributed by atoms with Gasteiger partial charge < -0.3 is 15.2 Å². The molecule has 2 N–H and O–H groups in total. The minimum absolute atomic E-state index is 0.624. The predicted octanol–water partition coefficient (Wildman–Crippen LogP) is 2.84. The summed E-state index contributed by atoms with van der Waals surface area (Å²) in [6.07, 6.45) is 3.40. The molecule has 0 radical (unpaired) electrons. The zero-order valence-corrected chi connectivity index (χ0v) is 11.5. The van der Waals surface area contributed by atoms with Gasteiger partial charge in [0.05, 0.1) is 25.6 Å². The molecule has 0 spiro atoms. The number of pyridine rings is 1. The summed E-state index contributed by atoms with van der Waals surface area (Å²) in [6, 6.07) is 9.45. The summed E-state index contributed by atoms with van der Waals surface area (Å²) in [6.45, 7) is 0.624. The molecule has 0 saturated heterocycles. The van der Waals surface area contributed by atoms with E-state index in [0.29, 0.717) is 12.3 Å². The van der Waals surface area contributed by atoms with Crippen LogP contribution in [0.15, 0.2) is 47.6 Å². The van der Waals surface area contributed by atoms with E-state index in [-0.39, 0.29) is 0 Å². The minimum atomic E-state index is 0.624. The van der Waals surface area contributed by atoms with Crippen molar-refractivity contribution in [2.75, 3.05) is 25.2 Å². The Labute approximate surface area is 116 Å². The van der Waals surface area contributed by atoms with Crippen LogP contribution < -0.4 is 15.2 Å². The maximum Gasteiger partial charge on any atom is 0.119 e. The number of ether oxygens (including phenoxy) is 2. The maximum atomic E-state index is 5.81. The lowest BCUT2D eigenvalue weighted by Gasteiger charge is -2.07. The summed E-state index contributed by atoms with van der Waals surface area (Å²) in [7, 11) is 1.64. The van der Waals surface area contributed by atoms with E-state index in [4.69, 9.17) is 15.2 Å². The third-order valence-electron chi connectivity index (χ3n) is 2.48. The first-order valence-corrected chi connectivity index (χ1v) is 6.87. The third kappa shape index (κ3) is 4.06. The van der Waals surface area contributed by atoms with E-state index in [1.54, 1.807) is 31.3 Å². The van der Waals surface area contributed by atoms with Gasteiger partial charge >= 0.3 is 0 Å². The molecular formula is C14H16N2O2S. The van der Waals surface area contributed by atoms with Gasteiger partial charge in [-0.3, -0.25) is 4.98 Å². The molecule has 1 aromatic carbocycles. The van der Waals surface area contributed by atoms with E-state index in [2.05, 4.69) is 4.98 Å². The lowest BCUT2D eigenvalue weighted by molar-refractivity contribution is 0.342. The monoisotopic (exact) mass is 276 g/mol. The number of methoxy groups -OCH3 is 1. The van der Waals surface area contributed by atoms with Gasteiger partial charge in [0.2, 0.25) is 0 Å². The van der Waals surface area contributed by atoms with E-state index in [0.717, 1.165) is 22.1 Å². The molecule has 4 nitrogen and oxygen atoms in total. The molecule has 0 aliphatic rings. The van der Waals surface area contributed by atoms with Crippen LogP contribution in [0.2, 0.25) is 0 Å². The van der Waals surface area contributed by atoms with Gasteiger partial charge in [-0.05, 0) is 30.3 Å². The van der Waals surface area contributed by atoms with E-state index < -0.39 is 0 Å². The SMILES string of the molecule is COc1ccc(OCCSc2ccncc2N)cc1. The largest absolute Gasteiger partial charge is 0.497 e. The zero-order chi connectivity index (χ0) is 13.5. The van der Waals surface area contributed by atoms with Crippen LogP contribution in [-0.2, 0) is 0 Å². The highest BCUT2D eigenvalue weighted by atomic mass is 32.2. The molecule has 0 amide bonds. The number of benzene rings is 1. The second-order valence-corrected chi connectivity index (χ2v) is 4.92. The molecule has 2 rings (SSSR count). The smallest absolute Gasteiger partial charge is 0.119 e. The predicted molar refractivity (Wildman–Crippen MR) is 77.9 cm³/mol. The Morgan fingerprint density at radius 3 is 2.58 bits per heavy atom. The molecule has 0 atom stereocenters. The van der Waals surface area contributed by atoms with Crippen molar-refractivity contribution in [3.8, 4) is 11.5 Å². The number of nitrogens with zero attached hydrogens (tertiary/aromatic N) is 1. The van der Waals surface area contributed by atoms with Gasteiger partial charge in [-0.15, -0.1) is 11.8 Å². The molecule has 0 bridgehead atoms. The fraction of sp³-hybridized carbons (Fsp3) is 0.214. The number of nitrogen functional groups attached to an aromatic ring is 1. The van der Waals surface area contributed by atoms with Crippen molar-refractivity contribution in [3.63, 3.8) is 0 Å². The van der Waals surface area contributed by atoms with Crippen LogP contribution in [-0.4, -0.2) is 24.5 Å². The number of hydrogen-bond donors (Lipinski definition) is 1. The van der Waals surface area contributed by atoms with E-state index in [1.807, 2.05) is 30.3 Å². The van der Waals surface area contributed by atoms with Crippen molar-refractivity contribution >= 4 is 17.4 Å². The Morgan fingerprint density at radius 1 is 1.16 bits per heavy atom. The van der Waals surface area contributed by atoms with E-state index >= 15 is 0 Å². The summed E-state index contributed by atoms with van der Waals surface area (Å²) in [5.74, 6) is 2.50. The fourth-order valence-electron chi connectivity index (χ4n) is 1.51. The molecular weight excluding hydrogens is 260 g/mol. The summed E-state index contributed by atoms with van der Waals surface area (Å²) in [4.78, 5) is 4.99. The molecule has 100 valence electrons. The van der Waals surface area contributed by atoms with E-state index in [1.165, 1.54) is 0 Å². The first-order chi connectivity index (χ1) is 9.29. The third-order valence-corrected chi connectivity index (χ3v) is 3.53. The first kappa shape index (κ1) is 13.5. The molecule has 0 fully saturated rings. The average Bonchev–Trinajstić information content (AvgIpc) is 2.46. The van der Waals surface area contributed by atoms with Gasteiger partial charge in [-0.2, -0.15) is 0 Å². The average molecular weight is 276 g/mol. The van der Waals surface area contributed by atoms with Gasteiger partial charge in [0, 0.05) is 16.8 Å². The molecule has 2 aromatic rings. The molecule has 0 saturated carbocycles. The minimum Gasteiger partial charge on any atom is -0.497 e. The van der Waals surface area contributed by atoms with Crippen LogP contribution in [0.25, 0.3) is 0 Å². The molecule has 1 aromatic heterocycles. The van der Waals surface area contributed by atoms with Crippen molar-refractivity contribution in [3.05, 3.63) is 42.7 Å². The maximum absolute atomic E-state index is 5.81. The first-order valence-electron chi connectivity index (χ1n) is 5.89.